The Morgan fingerprint density at radius 2 is 1.85 bits per heavy atom. The quantitative estimate of drug-likeness (QED) is 0.747. The summed E-state index contributed by atoms with van der Waals surface area (Å²) in [6.07, 6.45) is 15.0. The summed E-state index contributed by atoms with van der Waals surface area (Å²) < 4.78 is 0. The number of piperidine rings is 1. The monoisotopic (exact) mass is 442 g/mol. The van der Waals surface area contributed by atoms with Gasteiger partial charge in [0.1, 0.15) is 0 Å². The van der Waals surface area contributed by atoms with Crippen LogP contribution in [0, 0.1) is 5.92 Å². The van der Waals surface area contributed by atoms with E-state index in [4.69, 9.17) is 0 Å². The molecule has 1 amide bonds. The van der Waals surface area contributed by atoms with E-state index in [0.29, 0.717) is 17.2 Å². The number of carboxylic acids is 1. The Bertz CT molecular complexity index is 1210. The third-order valence-corrected chi connectivity index (χ3v) is 7.68. The summed E-state index contributed by atoms with van der Waals surface area (Å²) in [6.45, 7) is 1.65. The number of aliphatic carboxylic acids is 1. The average Bonchev–Trinajstić information content (AvgIpc) is 3.29. The first-order valence-corrected chi connectivity index (χ1v) is 11.6. The molecule has 0 radical (unpaired) electrons. The van der Waals surface area contributed by atoms with Crippen LogP contribution < -0.4 is 4.90 Å². The first-order valence-electron chi connectivity index (χ1n) is 11.6. The summed E-state index contributed by atoms with van der Waals surface area (Å²) in [7, 11) is 0. The maximum atomic E-state index is 13.3. The normalized spacial score (nSPS) is 28.2. The molecule has 2 heterocycles. The van der Waals surface area contributed by atoms with E-state index in [1.54, 1.807) is 17.0 Å². The largest absolute Gasteiger partial charge is 0.481 e. The van der Waals surface area contributed by atoms with Crippen LogP contribution in [0.1, 0.15) is 31.2 Å². The number of carboxylic acid groups (broad SMARTS) is 1. The van der Waals surface area contributed by atoms with Crippen molar-refractivity contribution in [2.75, 3.05) is 18.0 Å². The van der Waals surface area contributed by atoms with Crippen LogP contribution in [-0.2, 0) is 15.2 Å². The van der Waals surface area contributed by atoms with Gasteiger partial charge < -0.3 is 20.0 Å². The summed E-state index contributed by atoms with van der Waals surface area (Å²) in [5.41, 5.74) is 4.61. The topological polar surface area (TPSA) is 81.1 Å². The van der Waals surface area contributed by atoms with Crippen molar-refractivity contribution in [3.8, 4) is 0 Å². The van der Waals surface area contributed by atoms with Gasteiger partial charge in [-0.2, -0.15) is 0 Å². The second-order valence-electron chi connectivity index (χ2n) is 9.48. The Morgan fingerprint density at radius 3 is 2.64 bits per heavy atom. The van der Waals surface area contributed by atoms with Crippen molar-refractivity contribution in [2.24, 2.45) is 5.92 Å². The molecule has 6 rings (SSSR count). The summed E-state index contributed by atoms with van der Waals surface area (Å²) in [6, 6.07) is 6.98. The average molecular weight is 443 g/mol. The van der Waals surface area contributed by atoms with Gasteiger partial charge in [-0.3, -0.25) is 9.59 Å². The maximum Gasteiger partial charge on any atom is 0.307 e. The fourth-order valence-electron chi connectivity index (χ4n) is 6.20. The highest BCUT2D eigenvalue weighted by Gasteiger charge is 2.53. The van der Waals surface area contributed by atoms with Crippen LogP contribution in [0.15, 0.2) is 83.1 Å². The number of likely N-dealkylation sites (tertiary alicyclic amines) is 1. The highest BCUT2D eigenvalue weighted by molar-refractivity contribution is 6.08. The highest BCUT2D eigenvalue weighted by atomic mass is 16.4. The number of para-hydroxylation sites is 1. The summed E-state index contributed by atoms with van der Waals surface area (Å²) in [5, 5.41) is 20.4. The van der Waals surface area contributed by atoms with Crippen molar-refractivity contribution in [3.05, 3.63) is 88.7 Å². The Morgan fingerprint density at radius 1 is 1.09 bits per heavy atom. The number of benzene rings is 1. The molecule has 6 heteroatoms. The molecule has 33 heavy (non-hydrogen) atoms. The van der Waals surface area contributed by atoms with Gasteiger partial charge in [0.15, 0.2) is 5.60 Å². The van der Waals surface area contributed by atoms with Crippen molar-refractivity contribution in [1.82, 2.24) is 4.90 Å². The van der Waals surface area contributed by atoms with Gasteiger partial charge in [0.2, 0.25) is 0 Å². The SMILES string of the molecule is O=C(O)CC1(O)C(=O)N(C2CCN(C3=C4C=CC=C5C=CC=C(C3)C54)CC2)c2ccccc21. The fourth-order valence-corrected chi connectivity index (χ4v) is 6.20. The number of rotatable bonds is 4. The number of aliphatic hydroxyl groups is 1. The third-order valence-electron chi connectivity index (χ3n) is 7.68. The van der Waals surface area contributed by atoms with E-state index in [-0.39, 0.29) is 6.04 Å². The fraction of sp³-hybridized carbons (Fsp3) is 0.333. The first kappa shape index (κ1) is 20.2. The predicted octanol–water partition coefficient (Wildman–Crippen LogP) is 3.43. The Labute approximate surface area is 192 Å². The van der Waals surface area contributed by atoms with Crippen LogP contribution in [-0.4, -0.2) is 46.1 Å². The van der Waals surface area contributed by atoms with Crippen LogP contribution in [0.4, 0.5) is 5.69 Å². The standard InChI is InChI=1S/C27H26N2O4/c30-24(31)16-27(33)21-9-1-2-10-22(21)29(26(27)32)19-11-13-28(14-12-19)23-15-18-7-3-5-17-6-4-8-20(23)25(17)18/h1-10,19,25,33H,11-16H2,(H,30,31). The number of hydrogen-bond acceptors (Lipinski definition) is 4. The Balaban J connectivity index is 1.24. The van der Waals surface area contributed by atoms with Crippen LogP contribution in [0.2, 0.25) is 0 Å². The van der Waals surface area contributed by atoms with Gasteiger partial charge in [0, 0.05) is 42.7 Å². The van der Waals surface area contributed by atoms with Crippen molar-refractivity contribution in [2.45, 2.75) is 37.3 Å². The zero-order chi connectivity index (χ0) is 22.7. The number of allylic oxidation sites excluding steroid dienone is 9. The van der Waals surface area contributed by atoms with E-state index in [9.17, 15) is 19.8 Å². The molecule has 1 saturated heterocycles. The number of nitrogens with zero attached hydrogens (tertiary/aromatic N) is 2. The molecule has 0 aromatic heterocycles. The minimum absolute atomic E-state index is 0.0646. The lowest BCUT2D eigenvalue weighted by atomic mass is 9.82. The molecule has 2 atom stereocenters. The molecule has 1 aromatic carbocycles. The molecule has 168 valence electrons. The maximum absolute atomic E-state index is 13.3. The lowest BCUT2D eigenvalue weighted by Crippen LogP contribution is -2.50. The van der Waals surface area contributed by atoms with Crippen LogP contribution >= 0.6 is 0 Å². The molecule has 2 N–H and O–H groups in total. The van der Waals surface area contributed by atoms with E-state index >= 15 is 0 Å². The van der Waals surface area contributed by atoms with Crippen LogP contribution in [0.25, 0.3) is 0 Å². The molecule has 6 nitrogen and oxygen atoms in total. The van der Waals surface area contributed by atoms with Gasteiger partial charge in [-0.15, -0.1) is 0 Å². The van der Waals surface area contributed by atoms with E-state index in [1.807, 2.05) is 12.1 Å². The molecule has 1 fully saturated rings. The van der Waals surface area contributed by atoms with E-state index < -0.39 is 23.9 Å². The molecule has 2 unspecified atom stereocenters. The number of fused-ring (bicyclic) bond motifs is 1. The van der Waals surface area contributed by atoms with Crippen molar-refractivity contribution in [3.63, 3.8) is 0 Å². The van der Waals surface area contributed by atoms with Gasteiger partial charge in [0.25, 0.3) is 5.91 Å². The number of carbonyl (C=O) groups is 2. The van der Waals surface area contributed by atoms with Crippen LogP contribution in [0.5, 0.6) is 0 Å². The molecule has 0 saturated carbocycles. The van der Waals surface area contributed by atoms with Crippen molar-refractivity contribution >= 4 is 17.6 Å². The molecule has 5 aliphatic rings. The van der Waals surface area contributed by atoms with E-state index in [1.165, 1.54) is 22.4 Å². The van der Waals surface area contributed by atoms with Gasteiger partial charge in [-0.25, -0.2) is 0 Å². The third kappa shape index (κ3) is 2.97. The number of carbonyl (C=O) groups excluding carboxylic acids is 1. The predicted molar refractivity (Wildman–Crippen MR) is 124 cm³/mol. The molecule has 0 spiro atoms. The molecule has 1 aromatic rings. The minimum atomic E-state index is -2.00. The first-order chi connectivity index (χ1) is 16.0. The van der Waals surface area contributed by atoms with Gasteiger partial charge in [-0.1, -0.05) is 60.2 Å². The number of hydrogen-bond donors (Lipinski definition) is 2. The minimum Gasteiger partial charge on any atom is -0.481 e. The van der Waals surface area contributed by atoms with Crippen molar-refractivity contribution in [1.29, 1.82) is 0 Å². The molecular weight excluding hydrogens is 416 g/mol. The van der Waals surface area contributed by atoms with E-state index in [0.717, 1.165) is 32.4 Å². The molecule has 3 aliphatic carbocycles. The Hall–Kier alpha value is -3.38. The Kier molecular flexibility index (Phi) is 4.49. The molecular formula is C27H26N2O4. The highest BCUT2D eigenvalue weighted by Crippen LogP contribution is 2.48. The van der Waals surface area contributed by atoms with E-state index in [2.05, 4.69) is 41.4 Å². The van der Waals surface area contributed by atoms with Gasteiger partial charge in [0.05, 0.1) is 12.1 Å². The molecule has 2 aliphatic heterocycles. The zero-order valence-corrected chi connectivity index (χ0v) is 18.3. The summed E-state index contributed by atoms with van der Waals surface area (Å²) in [5.74, 6) is -1.32. The lowest BCUT2D eigenvalue weighted by Gasteiger charge is -2.39. The lowest BCUT2D eigenvalue weighted by molar-refractivity contribution is -0.151. The van der Waals surface area contributed by atoms with Gasteiger partial charge >= 0.3 is 5.97 Å². The number of anilines is 1. The second kappa shape index (κ2) is 7.32. The van der Waals surface area contributed by atoms with Gasteiger partial charge in [-0.05, 0) is 30.1 Å². The number of amides is 1. The second-order valence-corrected chi connectivity index (χ2v) is 9.48. The smallest absolute Gasteiger partial charge is 0.307 e. The summed E-state index contributed by atoms with van der Waals surface area (Å²) in [4.78, 5) is 28.9. The zero-order valence-electron chi connectivity index (χ0n) is 18.3. The van der Waals surface area contributed by atoms with Crippen molar-refractivity contribution < 1.29 is 19.8 Å². The molecule has 0 bridgehead atoms. The van der Waals surface area contributed by atoms with Crippen LogP contribution in [0.3, 0.4) is 0 Å². The summed E-state index contributed by atoms with van der Waals surface area (Å²) >= 11 is 0.